The molecule has 11 heteroatoms. The molecule has 0 spiro atoms. The van der Waals surface area contributed by atoms with E-state index in [2.05, 4.69) is 21.2 Å². The summed E-state index contributed by atoms with van der Waals surface area (Å²) in [6.45, 7) is -0.968. The third-order valence-electron chi connectivity index (χ3n) is 4.12. The van der Waals surface area contributed by atoms with Crippen molar-refractivity contribution in [2.24, 2.45) is 0 Å². The number of amides is 3. The fourth-order valence-corrected chi connectivity index (χ4v) is 4.16. The van der Waals surface area contributed by atoms with Gasteiger partial charge in [-0.05, 0) is 63.6 Å². The molecule has 166 valence electrons. The van der Waals surface area contributed by atoms with Gasteiger partial charge in [0.2, 0.25) is 5.91 Å². The zero-order valence-corrected chi connectivity index (χ0v) is 19.1. The third-order valence-corrected chi connectivity index (χ3v) is 5.62. The summed E-state index contributed by atoms with van der Waals surface area (Å²) in [7, 11) is 1.39. The molecule has 1 fully saturated rings. The Kier molecular flexibility index (Phi) is 7.54. The van der Waals surface area contributed by atoms with Gasteiger partial charge in [0.05, 0.1) is 16.5 Å². The van der Waals surface area contributed by atoms with E-state index in [1.807, 2.05) is 0 Å². The number of ether oxygens (including phenoxy) is 2. The molecule has 9 nitrogen and oxygen atoms in total. The van der Waals surface area contributed by atoms with Crippen molar-refractivity contribution in [3.05, 3.63) is 57.4 Å². The van der Waals surface area contributed by atoms with Crippen LogP contribution in [-0.2, 0) is 14.4 Å². The second kappa shape index (κ2) is 10.3. The highest BCUT2D eigenvalue weighted by Crippen LogP contribution is 2.39. The van der Waals surface area contributed by atoms with Crippen LogP contribution in [0.15, 0.2) is 51.8 Å². The normalized spacial score (nSPS) is 14.6. The van der Waals surface area contributed by atoms with Gasteiger partial charge in [-0.15, -0.1) is 0 Å². The average molecular weight is 521 g/mol. The van der Waals surface area contributed by atoms with Gasteiger partial charge >= 0.3 is 5.97 Å². The van der Waals surface area contributed by atoms with Crippen LogP contribution < -0.4 is 14.8 Å². The second-order valence-electron chi connectivity index (χ2n) is 6.40. The fourth-order valence-electron chi connectivity index (χ4n) is 2.75. The van der Waals surface area contributed by atoms with Gasteiger partial charge in [-0.3, -0.25) is 19.3 Å². The maximum absolute atomic E-state index is 12.7. The molecule has 3 rings (SSSR count). The van der Waals surface area contributed by atoms with Crippen LogP contribution in [0, 0.1) is 0 Å². The minimum absolute atomic E-state index is 0.135. The number of rotatable bonds is 8. The van der Waals surface area contributed by atoms with Gasteiger partial charge < -0.3 is 19.9 Å². The molecular formula is C21H17BrN2O7S. The Morgan fingerprint density at radius 3 is 2.59 bits per heavy atom. The quantitative estimate of drug-likeness (QED) is 0.506. The van der Waals surface area contributed by atoms with E-state index in [0.29, 0.717) is 27.5 Å². The summed E-state index contributed by atoms with van der Waals surface area (Å²) in [6, 6.07) is 11.8. The van der Waals surface area contributed by atoms with Crippen molar-refractivity contribution in [1.29, 1.82) is 0 Å². The first kappa shape index (κ1) is 23.4. The van der Waals surface area contributed by atoms with E-state index in [4.69, 9.17) is 14.6 Å². The van der Waals surface area contributed by atoms with E-state index < -0.39 is 36.2 Å². The molecule has 3 amide bonds. The molecule has 0 unspecified atom stereocenters. The Bertz CT molecular complexity index is 1100. The standard InChI is InChI=1S/C21H17BrN2O7S/c1-30-15-8-12(7-14(22)19(15)31-11-18(26)27)9-16-20(28)24(21(29)32-16)10-17(25)23-13-5-3-2-4-6-13/h2-9H,10-11H2,1H3,(H,23,25)(H,26,27)/b16-9-. The number of methoxy groups -OCH3 is 1. The van der Waals surface area contributed by atoms with Crippen LogP contribution in [0.3, 0.4) is 0 Å². The van der Waals surface area contributed by atoms with Crippen molar-refractivity contribution in [3.8, 4) is 11.5 Å². The number of carbonyl (C=O) groups excluding carboxylic acids is 3. The Morgan fingerprint density at radius 2 is 1.94 bits per heavy atom. The maximum atomic E-state index is 12.7. The third kappa shape index (κ3) is 5.68. The number of nitrogens with one attached hydrogen (secondary N) is 1. The van der Waals surface area contributed by atoms with Gasteiger partial charge in [0.25, 0.3) is 11.1 Å². The average Bonchev–Trinajstić information content (AvgIpc) is 3.00. The minimum atomic E-state index is -1.15. The van der Waals surface area contributed by atoms with Crippen molar-refractivity contribution in [3.63, 3.8) is 0 Å². The predicted octanol–water partition coefficient (Wildman–Crippen LogP) is 3.60. The minimum Gasteiger partial charge on any atom is -0.493 e. The lowest BCUT2D eigenvalue weighted by molar-refractivity contribution is -0.139. The second-order valence-corrected chi connectivity index (χ2v) is 8.25. The molecule has 2 aromatic carbocycles. The topological polar surface area (TPSA) is 122 Å². The monoisotopic (exact) mass is 520 g/mol. The van der Waals surface area contributed by atoms with Crippen LogP contribution in [0.4, 0.5) is 10.5 Å². The van der Waals surface area contributed by atoms with E-state index in [1.54, 1.807) is 36.4 Å². The summed E-state index contributed by atoms with van der Waals surface area (Å²) in [6.07, 6.45) is 1.48. The Hall–Kier alpha value is -3.31. The van der Waals surface area contributed by atoms with Gasteiger partial charge in [0, 0.05) is 5.69 Å². The molecule has 0 radical (unpaired) electrons. The molecule has 2 N–H and O–H groups in total. The number of anilines is 1. The van der Waals surface area contributed by atoms with Gasteiger partial charge in [-0.25, -0.2) is 4.79 Å². The lowest BCUT2D eigenvalue weighted by atomic mass is 10.2. The summed E-state index contributed by atoms with van der Waals surface area (Å²) in [4.78, 5) is 49.0. The smallest absolute Gasteiger partial charge is 0.341 e. The highest BCUT2D eigenvalue weighted by atomic mass is 79.9. The molecule has 0 saturated carbocycles. The van der Waals surface area contributed by atoms with E-state index in [9.17, 15) is 19.2 Å². The Labute approximate surface area is 195 Å². The first-order chi connectivity index (χ1) is 15.3. The highest BCUT2D eigenvalue weighted by Gasteiger charge is 2.36. The molecular weight excluding hydrogens is 504 g/mol. The van der Waals surface area contributed by atoms with Gasteiger partial charge in [-0.1, -0.05) is 18.2 Å². The molecule has 2 aromatic rings. The number of halogens is 1. The molecule has 32 heavy (non-hydrogen) atoms. The zero-order chi connectivity index (χ0) is 23.3. The molecule has 0 bridgehead atoms. The number of aliphatic carboxylic acids is 1. The SMILES string of the molecule is COc1cc(/C=C2\SC(=O)N(CC(=O)Nc3ccccc3)C2=O)cc(Br)c1OCC(=O)O. The van der Waals surface area contributed by atoms with Crippen LogP contribution in [-0.4, -0.2) is 53.3 Å². The summed E-state index contributed by atoms with van der Waals surface area (Å²) in [5.74, 6) is -1.80. The van der Waals surface area contributed by atoms with Crippen molar-refractivity contribution in [2.45, 2.75) is 0 Å². The van der Waals surface area contributed by atoms with Crippen molar-refractivity contribution >= 4 is 62.5 Å². The summed E-state index contributed by atoms with van der Waals surface area (Å²) < 4.78 is 10.9. The van der Waals surface area contributed by atoms with E-state index in [1.165, 1.54) is 19.3 Å². The molecule has 0 aromatic heterocycles. The highest BCUT2D eigenvalue weighted by molar-refractivity contribution is 9.10. The molecule has 1 aliphatic heterocycles. The molecule has 1 saturated heterocycles. The number of carboxylic acids is 1. The first-order valence-electron chi connectivity index (χ1n) is 9.11. The van der Waals surface area contributed by atoms with Crippen molar-refractivity contribution in [2.75, 3.05) is 25.6 Å². The summed E-state index contributed by atoms with van der Waals surface area (Å²) in [5, 5.41) is 10.9. The largest absolute Gasteiger partial charge is 0.493 e. The molecule has 0 aliphatic carbocycles. The number of carboxylic acid groups (broad SMARTS) is 1. The number of para-hydroxylation sites is 1. The van der Waals surface area contributed by atoms with E-state index in [0.717, 1.165) is 4.90 Å². The fraction of sp³-hybridized carbons (Fsp3) is 0.143. The summed E-state index contributed by atoms with van der Waals surface area (Å²) in [5.41, 5.74) is 1.07. The number of thioether (sulfide) groups is 1. The van der Waals surface area contributed by atoms with Gasteiger partial charge in [0.15, 0.2) is 18.1 Å². The van der Waals surface area contributed by atoms with Crippen LogP contribution in [0.1, 0.15) is 5.56 Å². The maximum Gasteiger partial charge on any atom is 0.341 e. The molecule has 1 aliphatic rings. The van der Waals surface area contributed by atoms with Gasteiger partial charge in [0.1, 0.15) is 6.54 Å². The van der Waals surface area contributed by atoms with Crippen molar-refractivity contribution in [1.82, 2.24) is 4.90 Å². The first-order valence-corrected chi connectivity index (χ1v) is 10.7. The number of hydrogen-bond acceptors (Lipinski definition) is 7. The Balaban J connectivity index is 1.75. The van der Waals surface area contributed by atoms with Crippen LogP contribution >= 0.6 is 27.7 Å². The Morgan fingerprint density at radius 1 is 1.22 bits per heavy atom. The number of benzene rings is 2. The van der Waals surface area contributed by atoms with Crippen LogP contribution in [0.5, 0.6) is 11.5 Å². The van der Waals surface area contributed by atoms with E-state index >= 15 is 0 Å². The lowest BCUT2D eigenvalue weighted by Gasteiger charge is -2.13. The van der Waals surface area contributed by atoms with Crippen LogP contribution in [0.25, 0.3) is 6.08 Å². The number of nitrogens with zero attached hydrogens (tertiary/aromatic N) is 1. The van der Waals surface area contributed by atoms with Crippen molar-refractivity contribution < 1.29 is 33.8 Å². The van der Waals surface area contributed by atoms with E-state index in [-0.39, 0.29) is 16.4 Å². The molecule has 0 atom stereocenters. The number of imide groups is 1. The summed E-state index contributed by atoms with van der Waals surface area (Å²) >= 11 is 4.01. The predicted molar refractivity (Wildman–Crippen MR) is 122 cm³/mol. The lowest BCUT2D eigenvalue weighted by Crippen LogP contribution is -2.36. The zero-order valence-electron chi connectivity index (χ0n) is 16.7. The van der Waals surface area contributed by atoms with Crippen LogP contribution in [0.2, 0.25) is 0 Å². The number of carbonyl (C=O) groups is 4. The van der Waals surface area contributed by atoms with Gasteiger partial charge in [-0.2, -0.15) is 0 Å². The number of hydrogen-bond donors (Lipinski definition) is 2. The molecule has 1 heterocycles.